The standard InChI is InChI=1S/C18H29N3O3S.HI/c1-14-11-15(5-6-16(14)25(4,22)23)12-20-17(19-2)21-13-18(7-8-18)9-10-24-3;/h5-6,11H,7-10,12-13H2,1-4H3,(H2,19,20,21);1H. The molecule has 0 amide bonds. The lowest BCUT2D eigenvalue weighted by Crippen LogP contribution is -2.40. The highest BCUT2D eigenvalue weighted by atomic mass is 127. The summed E-state index contributed by atoms with van der Waals surface area (Å²) < 4.78 is 28.6. The van der Waals surface area contributed by atoms with Gasteiger partial charge in [0.05, 0.1) is 4.90 Å². The van der Waals surface area contributed by atoms with Gasteiger partial charge in [-0.3, -0.25) is 4.99 Å². The lowest BCUT2D eigenvalue weighted by molar-refractivity contribution is 0.172. The molecule has 2 N–H and O–H groups in total. The first-order valence-electron chi connectivity index (χ1n) is 8.53. The molecule has 0 spiro atoms. The number of ether oxygens (including phenoxy) is 1. The quantitative estimate of drug-likeness (QED) is 0.329. The molecular formula is C18H30IN3O3S. The molecule has 0 aliphatic heterocycles. The molecule has 2 rings (SSSR count). The first kappa shape index (κ1) is 23.2. The largest absolute Gasteiger partial charge is 0.385 e. The van der Waals surface area contributed by atoms with Gasteiger partial charge in [0.15, 0.2) is 15.8 Å². The summed E-state index contributed by atoms with van der Waals surface area (Å²) in [5.74, 6) is 0.758. The van der Waals surface area contributed by atoms with Gasteiger partial charge in [-0.05, 0) is 48.8 Å². The van der Waals surface area contributed by atoms with Crippen LogP contribution in [0.25, 0.3) is 0 Å². The number of sulfone groups is 1. The first-order chi connectivity index (χ1) is 11.8. The van der Waals surface area contributed by atoms with E-state index in [-0.39, 0.29) is 24.0 Å². The van der Waals surface area contributed by atoms with Crippen LogP contribution >= 0.6 is 24.0 Å². The van der Waals surface area contributed by atoms with Crippen LogP contribution in [0.2, 0.25) is 0 Å². The van der Waals surface area contributed by atoms with Crippen LogP contribution in [0.1, 0.15) is 30.4 Å². The van der Waals surface area contributed by atoms with Crippen LogP contribution in [0, 0.1) is 12.3 Å². The number of halogens is 1. The molecule has 1 aromatic rings. The smallest absolute Gasteiger partial charge is 0.191 e. The third kappa shape index (κ3) is 6.70. The molecular weight excluding hydrogens is 465 g/mol. The highest BCUT2D eigenvalue weighted by Crippen LogP contribution is 2.48. The van der Waals surface area contributed by atoms with E-state index >= 15 is 0 Å². The van der Waals surface area contributed by atoms with Gasteiger partial charge in [0, 0.05) is 40.1 Å². The van der Waals surface area contributed by atoms with Gasteiger partial charge < -0.3 is 15.4 Å². The van der Waals surface area contributed by atoms with E-state index < -0.39 is 9.84 Å². The van der Waals surface area contributed by atoms with Crippen LogP contribution in [-0.2, 0) is 21.1 Å². The van der Waals surface area contributed by atoms with Crippen molar-refractivity contribution in [3.05, 3.63) is 29.3 Å². The van der Waals surface area contributed by atoms with Crippen LogP contribution in [-0.4, -0.2) is 47.9 Å². The van der Waals surface area contributed by atoms with Crippen molar-refractivity contribution in [2.45, 2.75) is 37.6 Å². The number of rotatable bonds is 8. The van der Waals surface area contributed by atoms with Gasteiger partial charge in [-0.25, -0.2) is 8.42 Å². The molecule has 0 atom stereocenters. The number of nitrogens with one attached hydrogen (secondary N) is 2. The maximum atomic E-state index is 11.7. The average molecular weight is 495 g/mol. The molecule has 8 heteroatoms. The minimum absolute atomic E-state index is 0. The Morgan fingerprint density at radius 1 is 1.31 bits per heavy atom. The molecule has 0 saturated heterocycles. The van der Waals surface area contributed by atoms with Crippen molar-refractivity contribution >= 4 is 39.8 Å². The summed E-state index contributed by atoms with van der Waals surface area (Å²) in [6.07, 6.45) is 4.76. The van der Waals surface area contributed by atoms with Crippen molar-refractivity contribution in [2.24, 2.45) is 10.4 Å². The number of hydrogen-bond donors (Lipinski definition) is 2. The molecule has 1 fully saturated rings. The van der Waals surface area contributed by atoms with E-state index in [1.807, 2.05) is 19.1 Å². The van der Waals surface area contributed by atoms with Gasteiger partial charge in [-0.1, -0.05) is 12.1 Å². The monoisotopic (exact) mass is 495 g/mol. The van der Waals surface area contributed by atoms with Gasteiger partial charge in [0.1, 0.15) is 0 Å². The third-order valence-corrected chi connectivity index (χ3v) is 6.00. The van der Waals surface area contributed by atoms with E-state index in [9.17, 15) is 8.42 Å². The van der Waals surface area contributed by atoms with Crippen molar-refractivity contribution in [1.82, 2.24) is 10.6 Å². The van der Waals surface area contributed by atoms with Gasteiger partial charge in [0.2, 0.25) is 0 Å². The number of methoxy groups -OCH3 is 1. The maximum Gasteiger partial charge on any atom is 0.191 e. The highest BCUT2D eigenvalue weighted by Gasteiger charge is 2.41. The maximum absolute atomic E-state index is 11.7. The second-order valence-corrected chi connectivity index (χ2v) is 8.88. The number of aliphatic imine (C=N–C) groups is 1. The van der Waals surface area contributed by atoms with Crippen LogP contribution in [0.15, 0.2) is 28.1 Å². The zero-order chi connectivity index (χ0) is 18.5. The molecule has 0 heterocycles. The van der Waals surface area contributed by atoms with Crippen LogP contribution < -0.4 is 10.6 Å². The molecule has 6 nitrogen and oxygen atoms in total. The lowest BCUT2D eigenvalue weighted by Gasteiger charge is -2.18. The number of guanidine groups is 1. The molecule has 0 radical (unpaired) electrons. The molecule has 1 aliphatic carbocycles. The fourth-order valence-corrected chi connectivity index (χ4v) is 3.88. The third-order valence-electron chi connectivity index (χ3n) is 4.75. The zero-order valence-corrected chi connectivity index (χ0v) is 19.1. The van der Waals surface area contributed by atoms with Crippen molar-refractivity contribution in [3.63, 3.8) is 0 Å². The van der Waals surface area contributed by atoms with E-state index in [1.54, 1.807) is 20.2 Å². The van der Waals surface area contributed by atoms with E-state index in [1.165, 1.54) is 19.1 Å². The van der Waals surface area contributed by atoms with E-state index in [4.69, 9.17) is 4.74 Å². The Bertz CT molecular complexity index is 731. The molecule has 0 unspecified atom stereocenters. The summed E-state index contributed by atoms with van der Waals surface area (Å²) >= 11 is 0. The summed E-state index contributed by atoms with van der Waals surface area (Å²) in [6, 6.07) is 5.41. The topological polar surface area (TPSA) is 79.8 Å². The summed E-state index contributed by atoms with van der Waals surface area (Å²) in [4.78, 5) is 4.64. The van der Waals surface area contributed by atoms with Crippen molar-refractivity contribution in [1.29, 1.82) is 0 Å². The number of benzene rings is 1. The molecule has 26 heavy (non-hydrogen) atoms. The SMILES string of the molecule is CN=C(NCc1ccc(S(C)(=O)=O)c(C)c1)NCC1(CCOC)CC1.I. The zero-order valence-electron chi connectivity index (χ0n) is 16.0. The Hall–Kier alpha value is -0.870. The Balaban J connectivity index is 0.00000338. The van der Waals surface area contributed by atoms with E-state index in [0.29, 0.717) is 16.9 Å². The van der Waals surface area contributed by atoms with Crippen molar-refractivity contribution in [2.75, 3.05) is 33.6 Å². The van der Waals surface area contributed by atoms with Gasteiger partial charge in [-0.2, -0.15) is 0 Å². The molecule has 148 valence electrons. The number of aryl methyl sites for hydroxylation is 1. The van der Waals surface area contributed by atoms with Gasteiger partial charge in [-0.15, -0.1) is 24.0 Å². The van der Waals surface area contributed by atoms with Crippen LogP contribution in [0.5, 0.6) is 0 Å². The lowest BCUT2D eigenvalue weighted by atomic mass is 10.0. The Morgan fingerprint density at radius 2 is 2.00 bits per heavy atom. The Labute approximate surface area is 174 Å². The second kappa shape index (κ2) is 9.89. The Kier molecular flexibility index (Phi) is 8.81. The first-order valence-corrected chi connectivity index (χ1v) is 10.4. The predicted octanol–water partition coefficient (Wildman–Crippen LogP) is 2.50. The molecule has 1 saturated carbocycles. The summed E-state index contributed by atoms with van der Waals surface area (Å²) in [7, 11) is 0.311. The van der Waals surface area contributed by atoms with E-state index in [0.717, 1.165) is 36.7 Å². The highest BCUT2D eigenvalue weighted by molar-refractivity contribution is 14.0. The van der Waals surface area contributed by atoms with Crippen molar-refractivity contribution in [3.8, 4) is 0 Å². The minimum Gasteiger partial charge on any atom is -0.385 e. The van der Waals surface area contributed by atoms with Crippen LogP contribution in [0.4, 0.5) is 0 Å². The summed E-state index contributed by atoms with van der Waals surface area (Å²) in [5.41, 5.74) is 2.14. The van der Waals surface area contributed by atoms with Gasteiger partial charge >= 0.3 is 0 Å². The van der Waals surface area contributed by atoms with Gasteiger partial charge in [0.25, 0.3) is 0 Å². The predicted molar refractivity (Wildman–Crippen MR) is 116 cm³/mol. The summed E-state index contributed by atoms with van der Waals surface area (Å²) in [6.45, 7) is 4.09. The minimum atomic E-state index is -3.18. The Morgan fingerprint density at radius 3 is 2.50 bits per heavy atom. The fourth-order valence-electron chi connectivity index (χ4n) is 2.93. The molecule has 0 aromatic heterocycles. The normalized spacial score (nSPS) is 15.9. The average Bonchev–Trinajstić information content (AvgIpc) is 3.32. The molecule has 1 aromatic carbocycles. The second-order valence-electron chi connectivity index (χ2n) is 6.89. The van der Waals surface area contributed by atoms with Crippen molar-refractivity contribution < 1.29 is 13.2 Å². The molecule has 0 bridgehead atoms. The number of nitrogens with zero attached hydrogens (tertiary/aromatic N) is 1. The fraction of sp³-hybridized carbons (Fsp3) is 0.611. The summed E-state index contributed by atoms with van der Waals surface area (Å²) in [5, 5.41) is 6.67. The van der Waals surface area contributed by atoms with Crippen LogP contribution in [0.3, 0.4) is 0 Å². The van der Waals surface area contributed by atoms with E-state index in [2.05, 4.69) is 15.6 Å². The number of hydrogen-bond acceptors (Lipinski definition) is 4. The molecule has 1 aliphatic rings.